The van der Waals surface area contributed by atoms with Crippen molar-refractivity contribution in [3.8, 4) is 0 Å². The molecule has 0 amide bonds. The topological polar surface area (TPSA) is 9.23 Å². The SMILES string of the molecule is FC(F)(F)c1ccc2c(c1)C1(c3ccccc3)OC2(c2ccccc2)c2ccccc21. The lowest BCUT2D eigenvalue weighted by molar-refractivity contribution is -0.137. The minimum absolute atomic E-state index is 0.552. The number of hydrogen-bond acceptors (Lipinski definition) is 1. The Morgan fingerprint density at radius 2 is 0.968 bits per heavy atom. The fraction of sp³-hybridized carbons (Fsp3) is 0.111. The second-order valence-electron chi connectivity index (χ2n) is 8.00. The van der Waals surface area contributed by atoms with Crippen LogP contribution in [-0.2, 0) is 22.1 Å². The van der Waals surface area contributed by atoms with Crippen molar-refractivity contribution in [3.05, 3.63) is 142 Å². The third-order valence-corrected chi connectivity index (χ3v) is 6.46. The molecule has 0 saturated heterocycles. The molecule has 31 heavy (non-hydrogen) atoms. The van der Waals surface area contributed by atoms with Crippen LogP contribution in [0.2, 0.25) is 0 Å². The van der Waals surface area contributed by atoms with Gasteiger partial charge >= 0.3 is 6.18 Å². The van der Waals surface area contributed by atoms with Gasteiger partial charge in [0, 0.05) is 5.56 Å². The summed E-state index contributed by atoms with van der Waals surface area (Å²) in [6.45, 7) is 0. The van der Waals surface area contributed by atoms with Gasteiger partial charge in [0.05, 0.1) is 5.56 Å². The first-order valence-electron chi connectivity index (χ1n) is 10.1. The van der Waals surface area contributed by atoms with Gasteiger partial charge in [-0.15, -0.1) is 0 Å². The van der Waals surface area contributed by atoms with Crippen LogP contribution in [0.1, 0.15) is 38.9 Å². The average molecular weight is 414 g/mol. The average Bonchev–Trinajstić information content (AvgIpc) is 3.29. The molecule has 0 aromatic heterocycles. The van der Waals surface area contributed by atoms with Crippen molar-refractivity contribution >= 4 is 0 Å². The first kappa shape index (κ1) is 18.4. The van der Waals surface area contributed by atoms with E-state index >= 15 is 0 Å². The number of benzene rings is 4. The number of rotatable bonds is 2. The molecule has 4 heteroatoms. The van der Waals surface area contributed by atoms with Crippen molar-refractivity contribution in [1.29, 1.82) is 0 Å². The molecule has 0 radical (unpaired) electrons. The molecule has 0 saturated carbocycles. The van der Waals surface area contributed by atoms with Crippen LogP contribution in [0.25, 0.3) is 0 Å². The molecule has 2 aliphatic rings. The van der Waals surface area contributed by atoms with Crippen LogP contribution < -0.4 is 0 Å². The van der Waals surface area contributed by atoms with Gasteiger partial charge in [-0.1, -0.05) is 91.0 Å². The van der Waals surface area contributed by atoms with Gasteiger partial charge < -0.3 is 4.74 Å². The Labute approximate surface area is 177 Å². The minimum atomic E-state index is -4.44. The molecule has 152 valence electrons. The van der Waals surface area contributed by atoms with Crippen molar-refractivity contribution in [2.24, 2.45) is 0 Å². The van der Waals surface area contributed by atoms with Gasteiger partial charge in [-0.3, -0.25) is 0 Å². The standard InChI is InChI=1S/C27H17F3O/c28-27(29,30)20-15-16-23-24(17-20)26(19-11-5-2-6-12-19)22-14-8-7-13-21(22)25(23,31-26)18-9-3-1-4-10-18/h1-17H. The van der Waals surface area contributed by atoms with Gasteiger partial charge in [-0.25, -0.2) is 0 Å². The number of ether oxygens (including phenoxy) is 1. The quantitative estimate of drug-likeness (QED) is 0.358. The first-order chi connectivity index (χ1) is 15.0. The lowest BCUT2D eigenvalue weighted by Gasteiger charge is -2.31. The molecule has 2 heterocycles. The summed E-state index contributed by atoms with van der Waals surface area (Å²) >= 11 is 0. The van der Waals surface area contributed by atoms with Gasteiger partial charge in [-0.2, -0.15) is 13.2 Å². The molecule has 2 aliphatic heterocycles. The van der Waals surface area contributed by atoms with E-state index in [9.17, 15) is 13.2 Å². The Kier molecular flexibility index (Phi) is 3.61. The molecule has 4 aromatic carbocycles. The second-order valence-corrected chi connectivity index (χ2v) is 8.00. The van der Waals surface area contributed by atoms with E-state index in [-0.39, 0.29) is 0 Å². The Morgan fingerprint density at radius 1 is 0.516 bits per heavy atom. The molecule has 0 N–H and O–H groups in total. The second kappa shape index (κ2) is 6.08. The van der Waals surface area contributed by atoms with E-state index in [4.69, 9.17) is 4.74 Å². The van der Waals surface area contributed by atoms with E-state index in [1.165, 1.54) is 6.07 Å². The molecule has 0 aliphatic carbocycles. The Balaban J connectivity index is 1.76. The van der Waals surface area contributed by atoms with Gasteiger partial charge in [0.25, 0.3) is 0 Å². The van der Waals surface area contributed by atoms with E-state index < -0.39 is 22.9 Å². The van der Waals surface area contributed by atoms with E-state index in [1.807, 2.05) is 84.9 Å². The summed E-state index contributed by atoms with van der Waals surface area (Å²) in [7, 11) is 0. The van der Waals surface area contributed by atoms with Gasteiger partial charge in [0.15, 0.2) is 0 Å². The zero-order chi connectivity index (χ0) is 21.3. The highest BCUT2D eigenvalue weighted by atomic mass is 19.4. The van der Waals surface area contributed by atoms with E-state index in [1.54, 1.807) is 6.07 Å². The molecule has 1 nitrogen and oxygen atoms in total. The van der Waals surface area contributed by atoms with Crippen LogP contribution in [0.5, 0.6) is 0 Å². The largest absolute Gasteiger partial charge is 0.416 e. The van der Waals surface area contributed by atoms with E-state index in [0.717, 1.165) is 33.9 Å². The molecule has 0 fully saturated rings. The first-order valence-corrected chi connectivity index (χ1v) is 10.1. The van der Waals surface area contributed by atoms with Crippen molar-refractivity contribution in [2.45, 2.75) is 17.4 Å². The van der Waals surface area contributed by atoms with Crippen molar-refractivity contribution in [1.82, 2.24) is 0 Å². The third kappa shape index (κ3) is 2.26. The van der Waals surface area contributed by atoms with Crippen LogP contribution in [0.3, 0.4) is 0 Å². The molecule has 6 rings (SSSR count). The summed E-state index contributed by atoms with van der Waals surface area (Å²) in [6.07, 6.45) is -4.44. The molecule has 4 aromatic rings. The maximum absolute atomic E-state index is 13.7. The summed E-state index contributed by atoms with van der Waals surface area (Å²) in [5, 5.41) is 0. The summed E-state index contributed by atoms with van der Waals surface area (Å²) in [4.78, 5) is 0. The van der Waals surface area contributed by atoms with Crippen molar-refractivity contribution < 1.29 is 17.9 Å². The van der Waals surface area contributed by atoms with E-state index in [2.05, 4.69) is 0 Å². The van der Waals surface area contributed by atoms with Gasteiger partial charge in [0.1, 0.15) is 11.2 Å². The van der Waals surface area contributed by atoms with Crippen LogP contribution >= 0.6 is 0 Å². The predicted octanol–water partition coefficient (Wildman–Crippen LogP) is 6.63. The number of hydrogen-bond donors (Lipinski definition) is 0. The fourth-order valence-corrected chi connectivity index (χ4v) is 5.24. The van der Waals surface area contributed by atoms with Crippen LogP contribution in [0.15, 0.2) is 103 Å². The fourth-order valence-electron chi connectivity index (χ4n) is 5.24. The highest BCUT2D eigenvalue weighted by molar-refractivity contribution is 5.70. The molecular weight excluding hydrogens is 397 g/mol. The number of alkyl halides is 3. The Hall–Kier alpha value is -3.37. The lowest BCUT2D eigenvalue weighted by atomic mass is 9.68. The van der Waals surface area contributed by atoms with E-state index in [0.29, 0.717) is 5.56 Å². The van der Waals surface area contributed by atoms with Crippen molar-refractivity contribution in [3.63, 3.8) is 0 Å². The van der Waals surface area contributed by atoms with Gasteiger partial charge in [0.2, 0.25) is 0 Å². The molecule has 2 atom stereocenters. The van der Waals surface area contributed by atoms with Crippen LogP contribution in [-0.4, -0.2) is 0 Å². The Morgan fingerprint density at radius 3 is 1.48 bits per heavy atom. The zero-order valence-electron chi connectivity index (χ0n) is 16.4. The number of fused-ring (bicyclic) bond motifs is 8. The van der Waals surface area contributed by atoms with Gasteiger partial charge in [-0.05, 0) is 39.9 Å². The summed E-state index contributed by atoms with van der Waals surface area (Å²) in [5.41, 5.74) is 2.15. The normalized spacial score (nSPS) is 23.5. The summed E-state index contributed by atoms with van der Waals surface area (Å²) < 4.78 is 48.1. The van der Waals surface area contributed by atoms with Crippen LogP contribution in [0, 0.1) is 0 Å². The van der Waals surface area contributed by atoms with Crippen molar-refractivity contribution in [2.75, 3.05) is 0 Å². The third-order valence-electron chi connectivity index (χ3n) is 6.46. The predicted molar refractivity (Wildman–Crippen MR) is 112 cm³/mol. The molecule has 2 bridgehead atoms. The maximum atomic E-state index is 13.7. The summed E-state index contributed by atoms with van der Waals surface area (Å²) in [6, 6.07) is 31.1. The maximum Gasteiger partial charge on any atom is 0.416 e. The lowest BCUT2D eigenvalue weighted by Crippen LogP contribution is -2.27. The summed E-state index contributed by atoms with van der Waals surface area (Å²) in [5.74, 6) is 0. The highest BCUT2D eigenvalue weighted by Gasteiger charge is 2.64. The monoisotopic (exact) mass is 414 g/mol. The molecular formula is C27H17F3O. The molecule has 2 unspecified atom stereocenters. The number of halogens is 3. The minimum Gasteiger partial charge on any atom is -0.340 e. The zero-order valence-corrected chi connectivity index (χ0v) is 16.4. The molecule has 0 spiro atoms. The Bertz CT molecular complexity index is 1300. The van der Waals surface area contributed by atoms with Crippen LogP contribution in [0.4, 0.5) is 13.2 Å². The highest BCUT2D eigenvalue weighted by Crippen LogP contribution is 2.66. The smallest absolute Gasteiger partial charge is 0.340 e.